The van der Waals surface area contributed by atoms with Gasteiger partial charge >= 0.3 is 0 Å². The van der Waals surface area contributed by atoms with Crippen molar-refractivity contribution in [1.82, 2.24) is 4.98 Å². The molecule has 0 aliphatic rings. The molecule has 0 unspecified atom stereocenters. The van der Waals surface area contributed by atoms with Crippen LogP contribution in [0.2, 0.25) is 0 Å². The monoisotopic (exact) mass is 235 g/mol. The summed E-state index contributed by atoms with van der Waals surface area (Å²) in [7, 11) is 0. The molecule has 0 radical (unpaired) electrons. The molecular formula is C15H9NS. The standard InChI is InChI=1S/C15H9NS/c1-2-5-12(6-3-1)8-9-14-11-13-7-4-10-16-15(13)17-14/h1-7,10-11H. The van der Waals surface area contributed by atoms with Crippen molar-refractivity contribution in [2.75, 3.05) is 0 Å². The zero-order valence-corrected chi connectivity index (χ0v) is 9.87. The first kappa shape index (κ1) is 10.1. The Balaban J connectivity index is 1.98. The highest BCUT2D eigenvalue weighted by Crippen LogP contribution is 2.22. The summed E-state index contributed by atoms with van der Waals surface area (Å²) in [5.74, 6) is 6.33. The second-order valence-corrected chi connectivity index (χ2v) is 4.66. The van der Waals surface area contributed by atoms with Crippen molar-refractivity contribution in [3.05, 3.63) is 65.2 Å². The van der Waals surface area contributed by atoms with Gasteiger partial charge in [0.25, 0.3) is 0 Å². The molecule has 0 saturated carbocycles. The van der Waals surface area contributed by atoms with E-state index in [0.717, 1.165) is 20.7 Å². The second-order valence-electron chi connectivity index (χ2n) is 3.62. The highest BCUT2D eigenvalue weighted by molar-refractivity contribution is 7.19. The lowest BCUT2D eigenvalue weighted by molar-refractivity contribution is 1.45. The van der Waals surface area contributed by atoms with E-state index in [9.17, 15) is 0 Å². The van der Waals surface area contributed by atoms with Crippen LogP contribution in [0, 0.1) is 11.8 Å². The molecule has 3 rings (SSSR count). The number of aromatic nitrogens is 1. The van der Waals surface area contributed by atoms with Crippen LogP contribution < -0.4 is 0 Å². The minimum Gasteiger partial charge on any atom is -0.245 e. The van der Waals surface area contributed by atoms with E-state index in [-0.39, 0.29) is 0 Å². The maximum absolute atomic E-state index is 4.31. The predicted octanol–water partition coefficient (Wildman–Crippen LogP) is 3.70. The fourth-order valence-electron chi connectivity index (χ4n) is 1.59. The third-order valence-corrected chi connectivity index (χ3v) is 3.37. The number of thiophene rings is 1. The Morgan fingerprint density at radius 3 is 2.65 bits per heavy atom. The van der Waals surface area contributed by atoms with Crippen LogP contribution in [0.1, 0.15) is 10.4 Å². The first-order valence-electron chi connectivity index (χ1n) is 5.33. The largest absolute Gasteiger partial charge is 0.245 e. The van der Waals surface area contributed by atoms with Crippen molar-refractivity contribution in [1.29, 1.82) is 0 Å². The fourth-order valence-corrected chi connectivity index (χ4v) is 2.44. The smallest absolute Gasteiger partial charge is 0.124 e. The SMILES string of the molecule is C(#Cc1cc2cccnc2s1)c1ccccc1. The van der Waals surface area contributed by atoms with Gasteiger partial charge in [-0.05, 0) is 24.3 Å². The van der Waals surface area contributed by atoms with Crippen LogP contribution in [0.25, 0.3) is 10.2 Å². The summed E-state index contributed by atoms with van der Waals surface area (Å²) in [6, 6.07) is 16.1. The summed E-state index contributed by atoms with van der Waals surface area (Å²) in [5.41, 5.74) is 1.04. The van der Waals surface area contributed by atoms with Gasteiger partial charge in [-0.3, -0.25) is 0 Å². The lowest BCUT2D eigenvalue weighted by atomic mass is 10.2. The van der Waals surface area contributed by atoms with Crippen molar-refractivity contribution in [2.45, 2.75) is 0 Å². The van der Waals surface area contributed by atoms with Crippen LogP contribution in [0.4, 0.5) is 0 Å². The Morgan fingerprint density at radius 2 is 1.82 bits per heavy atom. The van der Waals surface area contributed by atoms with Gasteiger partial charge in [0.05, 0.1) is 4.88 Å². The van der Waals surface area contributed by atoms with Gasteiger partial charge < -0.3 is 0 Å². The molecule has 0 N–H and O–H groups in total. The predicted molar refractivity (Wildman–Crippen MR) is 72.0 cm³/mol. The van der Waals surface area contributed by atoms with Gasteiger partial charge in [-0.1, -0.05) is 36.1 Å². The Labute approximate surface area is 104 Å². The van der Waals surface area contributed by atoms with E-state index in [2.05, 4.69) is 29.0 Å². The van der Waals surface area contributed by atoms with Crippen LogP contribution in [0.3, 0.4) is 0 Å². The van der Waals surface area contributed by atoms with E-state index in [4.69, 9.17) is 0 Å². The van der Waals surface area contributed by atoms with Crippen LogP contribution in [0.5, 0.6) is 0 Å². The molecular weight excluding hydrogens is 226 g/mol. The highest BCUT2D eigenvalue weighted by atomic mass is 32.1. The van der Waals surface area contributed by atoms with Crippen molar-refractivity contribution < 1.29 is 0 Å². The number of rotatable bonds is 0. The minimum absolute atomic E-state index is 1.04. The highest BCUT2D eigenvalue weighted by Gasteiger charge is 1.98. The maximum Gasteiger partial charge on any atom is 0.124 e. The van der Waals surface area contributed by atoms with Gasteiger partial charge in [-0.2, -0.15) is 0 Å². The molecule has 2 aromatic heterocycles. The molecule has 0 fully saturated rings. The number of nitrogens with zero attached hydrogens (tertiary/aromatic N) is 1. The number of benzene rings is 1. The van der Waals surface area contributed by atoms with Crippen molar-refractivity contribution in [3.63, 3.8) is 0 Å². The molecule has 0 amide bonds. The summed E-state index contributed by atoms with van der Waals surface area (Å²) in [6.45, 7) is 0. The van der Waals surface area contributed by atoms with Crippen LogP contribution in [-0.2, 0) is 0 Å². The average molecular weight is 235 g/mol. The quantitative estimate of drug-likeness (QED) is 0.541. The molecule has 0 saturated heterocycles. The summed E-state index contributed by atoms with van der Waals surface area (Å²) in [5, 5.41) is 1.16. The van der Waals surface area contributed by atoms with E-state index in [1.54, 1.807) is 11.3 Å². The summed E-state index contributed by atoms with van der Waals surface area (Å²) in [4.78, 5) is 6.41. The van der Waals surface area contributed by atoms with E-state index < -0.39 is 0 Å². The molecule has 0 aliphatic carbocycles. The fraction of sp³-hybridized carbons (Fsp3) is 0. The zero-order valence-electron chi connectivity index (χ0n) is 9.05. The molecule has 80 valence electrons. The van der Waals surface area contributed by atoms with Gasteiger partial charge in [0.1, 0.15) is 4.83 Å². The number of hydrogen-bond donors (Lipinski definition) is 0. The number of hydrogen-bond acceptors (Lipinski definition) is 2. The molecule has 1 aromatic carbocycles. The number of fused-ring (bicyclic) bond motifs is 1. The van der Waals surface area contributed by atoms with Gasteiger partial charge in [0, 0.05) is 17.1 Å². The molecule has 0 bridgehead atoms. The molecule has 3 aromatic rings. The minimum atomic E-state index is 1.04. The van der Waals surface area contributed by atoms with E-state index >= 15 is 0 Å². The normalized spacial score (nSPS) is 9.88. The Morgan fingerprint density at radius 1 is 0.941 bits per heavy atom. The van der Waals surface area contributed by atoms with Crippen LogP contribution in [0.15, 0.2) is 54.7 Å². The topological polar surface area (TPSA) is 12.9 Å². The molecule has 0 aliphatic heterocycles. The first-order valence-corrected chi connectivity index (χ1v) is 6.15. The van der Waals surface area contributed by atoms with E-state index in [1.807, 2.05) is 42.6 Å². The summed E-state index contributed by atoms with van der Waals surface area (Å²) in [6.07, 6.45) is 1.81. The average Bonchev–Trinajstić information content (AvgIpc) is 2.80. The summed E-state index contributed by atoms with van der Waals surface area (Å²) < 4.78 is 0. The molecule has 2 heterocycles. The Bertz CT molecular complexity index is 669. The molecule has 17 heavy (non-hydrogen) atoms. The Kier molecular flexibility index (Phi) is 2.61. The summed E-state index contributed by atoms with van der Waals surface area (Å²) >= 11 is 1.63. The lowest BCUT2D eigenvalue weighted by Crippen LogP contribution is -1.70. The third-order valence-electron chi connectivity index (χ3n) is 2.40. The van der Waals surface area contributed by atoms with Gasteiger partial charge in [-0.25, -0.2) is 4.98 Å². The van der Waals surface area contributed by atoms with Crippen molar-refractivity contribution in [3.8, 4) is 11.8 Å². The third kappa shape index (κ3) is 2.20. The van der Waals surface area contributed by atoms with E-state index in [0.29, 0.717) is 0 Å². The van der Waals surface area contributed by atoms with E-state index in [1.165, 1.54) is 0 Å². The van der Waals surface area contributed by atoms with Gasteiger partial charge in [0.15, 0.2) is 0 Å². The molecule has 0 spiro atoms. The van der Waals surface area contributed by atoms with Crippen molar-refractivity contribution in [2.24, 2.45) is 0 Å². The van der Waals surface area contributed by atoms with Crippen LogP contribution >= 0.6 is 11.3 Å². The van der Waals surface area contributed by atoms with Crippen molar-refractivity contribution >= 4 is 21.6 Å². The maximum atomic E-state index is 4.31. The first-order chi connectivity index (χ1) is 8.42. The zero-order chi connectivity index (χ0) is 11.5. The Hall–Kier alpha value is -2.11. The van der Waals surface area contributed by atoms with Gasteiger partial charge in [-0.15, -0.1) is 11.3 Å². The second kappa shape index (κ2) is 4.40. The molecule has 1 nitrogen and oxygen atoms in total. The lowest BCUT2D eigenvalue weighted by Gasteiger charge is -1.85. The van der Waals surface area contributed by atoms with Crippen LogP contribution in [-0.4, -0.2) is 4.98 Å². The molecule has 2 heteroatoms. The number of pyridine rings is 1. The van der Waals surface area contributed by atoms with Gasteiger partial charge in [0.2, 0.25) is 0 Å². The molecule has 0 atom stereocenters.